The maximum Gasteiger partial charge on any atom is 0.239 e. The number of nitrogens with zero attached hydrogens (tertiary/aromatic N) is 2. The van der Waals surface area contributed by atoms with E-state index in [-0.39, 0.29) is 12.5 Å². The van der Waals surface area contributed by atoms with E-state index in [4.69, 9.17) is 10.8 Å². The third-order valence-electron chi connectivity index (χ3n) is 2.79. The van der Waals surface area contributed by atoms with Crippen molar-refractivity contribution in [2.45, 2.75) is 12.6 Å². The van der Waals surface area contributed by atoms with Gasteiger partial charge >= 0.3 is 0 Å². The van der Waals surface area contributed by atoms with Crippen LogP contribution in [0, 0.1) is 0 Å². The van der Waals surface area contributed by atoms with Crippen LogP contribution < -0.4 is 11.1 Å². The lowest BCUT2D eigenvalue weighted by Crippen LogP contribution is -2.42. The number of fused-ring (bicyclic) bond motifs is 1. The lowest BCUT2D eigenvalue weighted by molar-refractivity contribution is -0.123. The minimum Gasteiger partial charge on any atom is -0.394 e. The number of amides is 1. The summed E-state index contributed by atoms with van der Waals surface area (Å²) in [6, 6.07) is 4.92. The molecule has 0 radical (unpaired) electrons. The zero-order valence-electron chi connectivity index (χ0n) is 10.1. The SMILES string of the molecule is Cn1cnc2cc(CNC(=O)C(N)CO)ccc21. The molecular weight excluding hydrogens is 232 g/mol. The van der Waals surface area contributed by atoms with Crippen molar-refractivity contribution in [2.75, 3.05) is 6.61 Å². The van der Waals surface area contributed by atoms with E-state index in [0.717, 1.165) is 16.6 Å². The number of nitrogens with two attached hydrogens (primary N) is 1. The van der Waals surface area contributed by atoms with Gasteiger partial charge in [-0.3, -0.25) is 4.79 Å². The minimum atomic E-state index is -0.872. The summed E-state index contributed by atoms with van der Waals surface area (Å²) in [5, 5.41) is 11.4. The fourth-order valence-electron chi connectivity index (χ4n) is 1.69. The molecule has 0 spiro atoms. The normalized spacial score (nSPS) is 12.6. The van der Waals surface area contributed by atoms with Gasteiger partial charge in [0.25, 0.3) is 0 Å². The van der Waals surface area contributed by atoms with Crippen LogP contribution in [-0.4, -0.2) is 33.2 Å². The lowest BCUT2D eigenvalue weighted by atomic mass is 10.2. The van der Waals surface area contributed by atoms with Crippen LogP contribution in [0.1, 0.15) is 5.56 Å². The van der Waals surface area contributed by atoms with Crippen LogP contribution in [0.5, 0.6) is 0 Å². The molecule has 0 saturated carbocycles. The molecule has 2 aromatic rings. The second-order valence-electron chi connectivity index (χ2n) is 4.19. The fraction of sp³-hybridized carbons (Fsp3) is 0.333. The number of imidazole rings is 1. The summed E-state index contributed by atoms with van der Waals surface area (Å²) in [7, 11) is 1.93. The number of aliphatic hydroxyl groups excluding tert-OH is 1. The lowest BCUT2D eigenvalue weighted by Gasteiger charge is -2.09. The van der Waals surface area contributed by atoms with Crippen LogP contribution in [-0.2, 0) is 18.4 Å². The van der Waals surface area contributed by atoms with Gasteiger partial charge in [0.05, 0.1) is 24.0 Å². The molecule has 6 nitrogen and oxygen atoms in total. The molecule has 96 valence electrons. The number of rotatable bonds is 4. The van der Waals surface area contributed by atoms with E-state index in [1.54, 1.807) is 6.33 Å². The van der Waals surface area contributed by atoms with Crippen LogP contribution in [0.15, 0.2) is 24.5 Å². The molecule has 0 fully saturated rings. The standard InChI is InChI=1S/C12H16N4O2/c1-16-7-15-10-4-8(2-3-11(10)16)5-14-12(18)9(13)6-17/h2-4,7,9,17H,5-6,13H2,1H3,(H,14,18). The molecule has 0 bridgehead atoms. The van der Waals surface area contributed by atoms with Gasteiger partial charge in [0.1, 0.15) is 6.04 Å². The number of aromatic nitrogens is 2. The molecule has 1 heterocycles. The quantitative estimate of drug-likeness (QED) is 0.680. The highest BCUT2D eigenvalue weighted by Crippen LogP contribution is 2.13. The van der Waals surface area contributed by atoms with Crippen LogP contribution in [0.3, 0.4) is 0 Å². The summed E-state index contributed by atoms with van der Waals surface area (Å²) in [4.78, 5) is 15.6. The van der Waals surface area contributed by atoms with E-state index in [9.17, 15) is 4.79 Å². The number of hydrogen-bond acceptors (Lipinski definition) is 4. The van der Waals surface area contributed by atoms with Gasteiger partial charge in [0, 0.05) is 13.6 Å². The number of benzene rings is 1. The van der Waals surface area contributed by atoms with Gasteiger partial charge in [-0.2, -0.15) is 0 Å². The Labute approximate surface area is 104 Å². The van der Waals surface area contributed by atoms with Crippen LogP contribution >= 0.6 is 0 Å². The van der Waals surface area contributed by atoms with E-state index in [2.05, 4.69) is 10.3 Å². The highest BCUT2D eigenvalue weighted by atomic mass is 16.3. The predicted molar refractivity (Wildman–Crippen MR) is 67.6 cm³/mol. The summed E-state index contributed by atoms with van der Waals surface area (Å²) in [5.74, 6) is -0.362. The maximum atomic E-state index is 11.4. The Hall–Kier alpha value is -1.92. The molecule has 1 amide bonds. The minimum absolute atomic E-state index is 0.356. The van der Waals surface area contributed by atoms with Gasteiger partial charge in [-0.05, 0) is 17.7 Å². The summed E-state index contributed by atoms with van der Waals surface area (Å²) in [5.41, 5.74) is 8.26. The van der Waals surface area contributed by atoms with E-state index >= 15 is 0 Å². The zero-order valence-corrected chi connectivity index (χ0v) is 10.1. The van der Waals surface area contributed by atoms with E-state index < -0.39 is 6.04 Å². The highest BCUT2D eigenvalue weighted by molar-refractivity contribution is 5.81. The summed E-state index contributed by atoms with van der Waals surface area (Å²) in [6.45, 7) is 0.0180. The first kappa shape index (κ1) is 12.5. The molecule has 0 saturated heterocycles. The number of aliphatic hydroxyl groups is 1. The van der Waals surface area contributed by atoms with Crippen molar-refractivity contribution in [3.8, 4) is 0 Å². The summed E-state index contributed by atoms with van der Waals surface area (Å²) >= 11 is 0. The van der Waals surface area contributed by atoms with Gasteiger partial charge in [-0.15, -0.1) is 0 Å². The second-order valence-corrected chi connectivity index (χ2v) is 4.19. The molecular formula is C12H16N4O2. The van der Waals surface area contributed by atoms with Crippen molar-refractivity contribution in [1.82, 2.24) is 14.9 Å². The smallest absolute Gasteiger partial charge is 0.239 e. The molecule has 0 aliphatic rings. The third kappa shape index (κ3) is 2.49. The molecule has 6 heteroatoms. The Balaban J connectivity index is 2.06. The largest absolute Gasteiger partial charge is 0.394 e. The average molecular weight is 248 g/mol. The van der Waals surface area contributed by atoms with Gasteiger partial charge < -0.3 is 20.7 Å². The van der Waals surface area contributed by atoms with Crippen LogP contribution in [0.4, 0.5) is 0 Å². The van der Waals surface area contributed by atoms with Gasteiger partial charge in [0.15, 0.2) is 0 Å². The number of carbonyl (C=O) groups is 1. The zero-order chi connectivity index (χ0) is 13.1. The van der Waals surface area contributed by atoms with E-state index in [1.807, 2.05) is 29.8 Å². The van der Waals surface area contributed by atoms with Crippen molar-refractivity contribution in [3.63, 3.8) is 0 Å². The van der Waals surface area contributed by atoms with Crippen LogP contribution in [0.25, 0.3) is 11.0 Å². The predicted octanol–water partition coefficient (Wildman–Crippen LogP) is -0.491. The molecule has 0 aliphatic heterocycles. The Bertz CT molecular complexity index is 564. The van der Waals surface area contributed by atoms with E-state index in [1.165, 1.54) is 0 Å². The average Bonchev–Trinajstić information content (AvgIpc) is 2.76. The second kappa shape index (κ2) is 5.16. The molecule has 0 aliphatic carbocycles. The van der Waals surface area contributed by atoms with Crippen molar-refractivity contribution in [1.29, 1.82) is 0 Å². The first-order valence-corrected chi connectivity index (χ1v) is 5.66. The van der Waals surface area contributed by atoms with E-state index in [0.29, 0.717) is 6.54 Å². The van der Waals surface area contributed by atoms with Gasteiger partial charge in [-0.25, -0.2) is 4.98 Å². The molecule has 1 aromatic heterocycles. The first-order chi connectivity index (χ1) is 8.61. The summed E-state index contributed by atoms with van der Waals surface area (Å²) in [6.07, 6.45) is 1.74. The third-order valence-corrected chi connectivity index (χ3v) is 2.79. The Morgan fingerprint density at radius 1 is 1.61 bits per heavy atom. The monoisotopic (exact) mass is 248 g/mol. The molecule has 1 aromatic carbocycles. The van der Waals surface area contributed by atoms with Gasteiger partial charge in [0.2, 0.25) is 5.91 Å². The molecule has 1 unspecified atom stereocenters. The number of carbonyl (C=O) groups excluding carboxylic acids is 1. The molecule has 18 heavy (non-hydrogen) atoms. The van der Waals surface area contributed by atoms with Crippen molar-refractivity contribution in [3.05, 3.63) is 30.1 Å². The first-order valence-electron chi connectivity index (χ1n) is 5.66. The molecule has 4 N–H and O–H groups in total. The summed E-state index contributed by atoms with van der Waals surface area (Å²) < 4.78 is 1.93. The molecule has 1 atom stereocenters. The number of hydrogen-bond donors (Lipinski definition) is 3. The number of aryl methyl sites for hydroxylation is 1. The highest BCUT2D eigenvalue weighted by Gasteiger charge is 2.11. The van der Waals surface area contributed by atoms with Crippen molar-refractivity contribution < 1.29 is 9.90 Å². The molecule has 2 rings (SSSR count). The van der Waals surface area contributed by atoms with Crippen molar-refractivity contribution >= 4 is 16.9 Å². The Morgan fingerprint density at radius 2 is 2.39 bits per heavy atom. The van der Waals surface area contributed by atoms with Crippen molar-refractivity contribution in [2.24, 2.45) is 12.8 Å². The maximum absolute atomic E-state index is 11.4. The Morgan fingerprint density at radius 3 is 3.11 bits per heavy atom. The Kier molecular flexibility index (Phi) is 3.59. The number of nitrogens with one attached hydrogen (secondary N) is 1. The van der Waals surface area contributed by atoms with Crippen LogP contribution in [0.2, 0.25) is 0 Å². The van der Waals surface area contributed by atoms with Gasteiger partial charge in [-0.1, -0.05) is 6.07 Å². The fourth-order valence-corrected chi connectivity index (χ4v) is 1.69. The topological polar surface area (TPSA) is 93.2 Å².